The number of benzene rings is 1. The quantitative estimate of drug-likeness (QED) is 0.817. The Kier molecular flexibility index (Phi) is 5.54. The van der Waals surface area contributed by atoms with E-state index in [0.29, 0.717) is 12.2 Å². The average Bonchev–Trinajstić information content (AvgIpc) is 3.26. The molecule has 1 aliphatic heterocycles. The molecule has 140 valence electrons. The number of nitrogens with zero attached hydrogens (tertiary/aromatic N) is 1. The zero-order valence-corrected chi connectivity index (χ0v) is 14.7. The van der Waals surface area contributed by atoms with Gasteiger partial charge < -0.3 is 15.0 Å². The van der Waals surface area contributed by atoms with E-state index in [9.17, 15) is 18.8 Å². The minimum Gasteiger partial charge on any atom is -0.452 e. The molecular formula is C19H23FN2O4. The largest absolute Gasteiger partial charge is 0.452 e. The Balaban J connectivity index is 1.51. The van der Waals surface area contributed by atoms with Gasteiger partial charge in [-0.15, -0.1) is 0 Å². The van der Waals surface area contributed by atoms with Crippen LogP contribution in [0.25, 0.3) is 0 Å². The fraction of sp³-hybridized carbons (Fsp3) is 0.526. The lowest BCUT2D eigenvalue weighted by molar-refractivity contribution is -0.157. The fourth-order valence-corrected chi connectivity index (χ4v) is 3.56. The first-order chi connectivity index (χ1) is 12.4. The number of nitrogens with one attached hydrogen (secondary N) is 1. The summed E-state index contributed by atoms with van der Waals surface area (Å²) in [6, 6.07) is 5.55. The van der Waals surface area contributed by atoms with Crippen molar-refractivity contribution in [2.75, 3.05) is 11.9 Å². The Labute approximate surface area is 151 Å². The van der Waals surface area contributed by atoms with Gasteiger partial charge >= 0.3 is 5.97 Å². The minimum atomic E-state index is -0.997. The first kappa shape index (κ1) is 18.4. The van der Waals surface area contributed by atoms with Gasteiger partial charge in [-0.05, 0) is 44.0 Å². The van der Waals surface area contributed by atoms with Crippen LogP contribution < -0.4 is 5.32 Å². The summed E-state index contributed by atoms with van der Waals surface area (Å²) in [7, 11) is 0. The highest BCUT2D eigenvalue weighted by molar-refractivity contribution is 5.95. The predicted octanol–water partition coefficient (Wildman–Crippen LogP) is 2.49. The van der Waals surface area contributed by atoms with Crippen LogP contribution in [-0.4, -0.2) is 41.4 Å². The molecule has 3 rings (SSSR count). The van der Waals surface area contributed by atoms with Gasteiger partial charge in [-0.2, -0.15) is 0 Å². The highest BCUT2D eigenvalue weighted by Gasteiger charge is 2.40. The number of esters is 1. The number of hydrogen-bond donors (Lipinski definition) is 1. The summed E-state index contributed by atoms with van der Waals surface area (Å²) in [6.45, 7) is 1.84. The van der Waals surface area contributed by atoms with Gasteiger partial charge in [0, 0.05) is 24.7 Å². The molecule has 2 amide bonds. The zero-order chi connectivity index (χ0) is 18.7. The number of amides is 2. The maximum Gasteiger partial charge on any atom is 0.312 e. The highest BCUT2D eigenvalue weighted by atomic mass is 19.1. The molecule has 2 fully saturated rings. The first-order valence-electron chi connectivity index (χ1n) is 9.00. The molecule has 2 aliphatic rings. The van der Waals surface area contributed by atoms with Crippen molar-refractivity contribution in [2.24, 2.45) is 5.92 Å². The van der Waals surface area contributed by atoms with Gasteiger partial charge in [0.25, 0.3) is 5.91 Å². The molecule has 0 spiro atoms. The van der Waals surface area contributed by atoms with Crippen molar-refractivity contribution in [1.29, 1.82) is 0 Å². The van der Waals surface area contributed by atoms with Crippen LogP contribution in [0.2, 0.25) is 0 Å². The second-order valence-electron chi connectivity index (χ2n) is 6.96. The maximum atomic E-state index is 12.9. The number of carbonyl (C=O) groups excluding carboxylic acids is 3. The normalized spacial score (nSPS) is 21.7. The third kappa shape index (κ3) is 4.20. The Morgan fingerprint density at radius 1 is 1.23 bits per heavy atom. The van der Waals surface area contributed by atoms with Gasteiger partial charge in [0.15, 0.2) is 6.10 Å². The molecule has 0 aromatic heterocycles. The molecule has 1 aliphatic carbocycles. The number of likely N-dealkylation sites (tertiary alicyclic amines) is 1. The molecule has 1 aromatic rings. The van der Waals surface area contributed by atoms with Crippen LogP contribution in [0.15, 0.2) is 24.3 Å². The summed E-state index contributed by atoms with van der Waals surface area (Å²) in [5.41, 5.74) is 0.419. The van der Waals surface area contributed by atoms with Crippen molar-refractivity contribution in [1.82, 2.24) is 4.90 Å². The number of carbonyl (C=O) groups is 3. The van der Waals surface area contributed by atoms with E-state index in [1.807, 2.05) is 0 Å². The van der Waals surface area contributed by atoms with Crippen molar-refractivity contribution >= 4 is 23.5 Å². The van der Waals surface area contributed by atoms with E-state index in [0.717, 1.165) is 25.7 Å². The SMILES string of the molecule is C[C@@H](OC(=O)[C@H]1CC(=O)N(C2CCCC2)C1)C(=O)Nc1ccc(F)cc1. The number of anilines is 1. The predicted molar refractivity (Wildman–Crippen MR) is 92.7 cm³/mol. The average molecular weight is 362 g/mol. The molecule has 1 saturated heterocycles. The molecule has 2 atom stereocenters. The molecule has 6 nitrogen and oxygen atoms in total. The molecule has 1 aromatic carbocycles. The first-order valence-corrected chi connectivity index (χ1v) is 9.00. The van der Waals surface area contributed by atoms with Crippen LogP contribution in [-0.2, 0) is 19.1 Å². The number of ether oxygens (including phenoxy) is 1. The molecule has 1 heterocycles. The number of halogens is 1. The van der Waals surface area contributed by atoms with E-state index in [2.05, 4.69) is 5.32 Å². The van der Waals surface area contributed by atoms with Crippen LogP contribution in [0.4, 0.5) is 10.1 Å². The standard InChI is InChI=1S/C19H23FN2O4/c1-12(18(24)21-15-8-6-14(20)7-9-15)26-19(25)13-10-17(23)22(11-13)16-4-2-3-5-16/h6-9,12-13,16H,2-5,10-11H2,1H3,(H,21,24)/t12-,13+/m1/s1. The summed E-state index contributed by atoms with van der Waals surface area (Å²) in [5, 5.41) is 2.57. The van der Waals surface area contributed by atoms with Gasteiger partial charge in [0.1, 0.15) is 5.82 Å². The monoisotopic (exact) mass is 362 g/mol. The van der Waals surface area contributed by atoms with E-state index < -0.39 is 29.7 Å². The third-order valence-electron chi connectivity index (χ3n) is 5.03. The van der Waals surface area contributed by atoms with Crippen LogP contribution in [0, 0.1) is 11.7 Å². The number of hydrogen-bond acceptors (Lipinski definition) is 4. The second-order valence-corrected chi connectivity index (χ2v) is 6.96. The van der Waals surface area contributed by atoms with Crippen LogP contribution in [0.5, 0.6) is 0 Å². The van der Waals surface area contributed by atoms with Crippen molar-refractivity contribution in [3.05, 3.63) is 30.1 Å². The van der Waals surface area contributed by atoms with E-state index in [1.165, 1.54) is 31.2 Å². The Morgan fingerprint density at radius 3 is 2.54 bits per heavy atom. The maximum absolute atomic E-state index is 12.9. The fourth-order valence-electron chi connectivity index (χ4n) is 3.56. The summed E-state index contributed by atoms with van der Waals surface area (Å²) >= 11 is 0. The summed E-state index contributed by atoms with van der Waals surface area (Å²) in [6.07, 6.45) is 3.35. The lowest BCUT2D eigenvalue weighted by Gasteiger charge is -2.24. The van der Waals surface area contributed by atoms with Crippen LogP contribution in [0.3, 0.4) is 0 Å². The van der Waals surface area contributed by atoms with E-state index in [4.69, 9.17) is 4.74 Å². The van der Waals surface area contributed by atoms with Crippen molar-refractivity contribution < 1.29 is 23.5 Å². The molecule has 1 N–H and O–H groups in total. The molecular weight excluding hydrogens is 339 g/mol. The van der Waals surface area contributed by atoms with Crippen molar-refractivity contribution in [3.63, 3.8) is 0 Å². The van der Waals surface area contributed by atoms with E-state index in [1.54, 1.807) is 4.90 Å². The highest BCUT2D eigenvalue weighted by Crippen LogP contribution is 2.30. The van der Waals surface area contributed by atoms with E-state index in [-0.39, 0.29) is 18.4 Å². The van der Waals surface area contributed by atoms with Gasteiger partial charge in [-0.25, -0.2) is 4.39 Å². The number of rotatable bonds is 5. The van der Waals surface area contributed by atoms with Crippen LogP contribution >= 0.6 is 0 Å². The topological polar surface area (TPSA) is 75.7 Å². The third-order valence-corrected chi connectivity index (χ3v) is 5.03. The lowest BCUT2D eigenvalue weighted by Crippen LogP contribution is -2.36. The van der Waals surface area contributed by atoms with Crippen molar-refractivity contribution in [2.45, 2.75) is 51.2 Å². The van der Waals surface area contributed by atoms with Gasteiger partial charge in [-0.1, -0.05) is 12.8 Å². The van der Waals surface area contributed by atoms with Crippen LogP contribution in [0.1, 0.15) is 39.0 Å². The summed E-state index contributed by atoms with van der Waals surface area (Å²) in [4.78, 5) is 38.4. The van der Waals surface area contributed by atoms with Gasteiger partial charge in [0.2, 0.25) is 5.91 Å². The summed E-state index contributed by atoms with van der Waals surface area (Å²) in [5.74, 6) is -1.96. The molecule has 26 heavy (non-hydrogen) atoms. The minimum absolute atomic E-state index is 0.0118. The second kappa shape index (κ2) is 7.85. The van der Waals surface area contributed by atoms with Gasteiger partial charge in [-0.3, -0.25) is 14.4 Å². The molecule has 0 bridgehead atoms. The lowest BCUT2D eigenvalue weighted by atomic mass is 10.1. The Bertz CT molecular complexity index is 685. The smallest absolute Gasteiger partial charge is 0.312 e. The Hall–Kier alpha value is -2.44. The van der Waals surface area contributed by atoms with Gasteiger partial charge in [0.05, 0.1) is 5.92 Å². The summed E-state index contributed by atoms with van der Waals surface area (Å²) < 4.78 is 18.1. The molecule has 0 radical (unpaired) electrons. The van der Waals surface area contributed by atoms with E-state index >= 15 is 0 Å². The van der Waals surface area contributed by atoms with Crippen molar-refractivity contribution in [3.8, 4) is 0 Å². The zero-order valence-electron chi connectivity index (χ0n) is 14.7. The molecule has 0 unspecified atom stereocenters. The Morgan fingerprint density at radius 2 is 1.88 bits per heavy atom. The molecule has 7 heteroatoms. The molecule has 1 saturated carbocycles.